The minimum atomic E-state index is -1.03. The van der Waals surface area contributed by atoms with Crippen LogP contribution in [0.4, 0.5) is 4.79 Å². The van der Waals surface area contributed by atoms with Crippen molar-refractivity contribution in [3.05, 3.63) is 71.3 Å². The molecular weight excluding hydrogens is 314 g/mol. The number of benzene rings is 2. The maximum Gasteiger partial charge on any atom is 0.325 e. The quantitative estimate of drug-likeness (QED) is 0.853. The number of carbonyl (C=O) groups is 2. The summed E-state index contributed by atoms with van der Waals surface area (Å²) in [6.07, 6.45) is 1.28. The van der Waals surface area contributed by atoms with Crippen LogP contribution in [0, 0.1) is 11.3 Å². The molecule has 0 bridgehead atoms. The first kappa shape index (κ1) is 16.7. The number of carbonyl (C=O) groups excluding carboxylic acids is 2. The third-order valence-corrected chi connectivity index (χ3v) is 4.53. The monoisotopic (exact) mass is 333 g/mol. The molecule has 25 heavy (non-hydrogen) atoms. The Balaban J connectivity index is 1.97. The number of nitrogens with zero attached hydrogens (tertiary/aromatic N) is 2. The maximum atomic E-state index is 13.2. The summed E-state index contributed by atoms with van der Waals surface area (Å²) in [5.74, 6) is -0.265. The molecule has 1 heterocycles. The predicted octanol–water partition coefficient (Wildman–Crippen LogP) is 3.31. The fourth-order valence-electron chi connectivity index (χ4n) is 3.31. The Hall–Kier alpha value is -3.13. The summed E-state index contributed by atoms with van der Waals surface area (Å²) in [6.45, 7) is 2.07. The van der Waals surface area contributed by atoms with Gasteiger partial charge in [-0.15, -0.1) is 0 Å². The van der Waals surface area contributed by atoms with Crippen molar-refractivity contribution in [1.29, 1.82) is 5.26 Å². The van der Waals surface area contributed by atoms with Crippen LogP contribution in [0.15, 0.2) is 54.6 Å². The van der Waals surface area contributed by atoms with Gasteiger partial charge >= 0.3 is 6.03 Å². The van der Waals surface area contributed by atoms with Crippen LogP contribution in [-0.2, 0) is 16.9 Å². The molecule has 0 saturated carbocycles. The van der Waals surface area contributed by atoms with Crippen molar-refractivity contribution in [2.24, 2.45) is 0 Å². The maximum absolute atomic E-state index is 13.2. The number of nitrogens with one attached hydrogen (secondary N) is 1. The van der Waals surface area contributed by atoms with Gasteiger partial charge in [0.2, 0.25) is 0 Å². The Morgan fingerprint density at radius 1 is 1.08 bits per heavy atom. The molecule has 2 aromatic rings. The molecule has 5 heteroatoms. The summed E-state index contributed by atoms with van der Waals surface area (Å²) >= 11 is 0. The zero-order valence-electron chi connectivity index (χ0n) is 14.0. The van der Waals surface area contributed by atoms with E-state index in [1.165, 1.54) is 4.90 Å². The number of hydrogen-bond donors (Lipinski definition) is 1. The van der Waals surface area contributed by atoms with Gasteiger partial charge in [-0.1, -0.05) is 61.9 Å². The second-order valence-electron chi connectivity index (χ2n) is 6.11. The lowest BCUT2D eigenvalue weighted by Crippen LogP contribution is -2.43. The van der Waals surface area contributed by atoms with Gasteiger partial charge in [-0.3, -0.25) is 9.69 Å². The van der Waals surface area contributed by atoms with Crippen LogP contribution in [0.1, 0.15) is 36.5 Å². The molecule has 1 aliphatic rings. The lowest BCUT2D eigenvalue weighted by Gasteiger charge is -2.27. The topological polar surface area (TPSA) is 73.2 Å². The van der Waals surface area contributed by atoms with Crippen LogP contribution in [0.2, 0.25) is 0 Å². The first-order chi connectivity index (χ1) is 12.1. The molecule has 126 valence electrons. The normalized spacial score (nSPS) is 19.6. The highest BCUT2D eigenvalue weighted by molar-refractivity contribution is 6.07. The van der Waals surface area contributed by atoms with E-state index in [-0.39, 0.29) is 12.5 Å². The molecule has 2 aromatic carbocycles. The fourth-order valence-corrected chi connectivity index (χ4v) is 3.31. The number of nitriles is 1. The van der Waals surface area contributed by atoms with Crippen molar-refractivity contribution in [1.82, 2.24) is 10.2 Å². The van der Waals surface area contributed by atoms with Crippen LogP contribution >= 0.6 is 0 Å². The van der Waals surface area contributed by atoms with Crippen molar-refractivity contribution in [2.75, 3.05) is 0 Å². The van der Waals surface area contributed by atoms with Gasteiger partial charge < -0.3 is 5.32 Å². The van der Waals surface area contributed by atoms with E-state index in [2.05, 4.69) is 11.4 Å². The Labute approximate surface area is 146 Å². The first-order valence-corrected chi connectivity index (χ1v) is 8.30. The van der Waals surface area contributed by atoms with Gasteiger partial charge in [0.1, 0.15) is 5.54 Å². The third-order valence-electron chi connectivity index (χ3n) is 4.53. The molecule has 0 aliphatic carbocycles. The van der Waals surface area contributed by atoms with E-state index < -0.39 is 11.6 Å². The smallest absolute Gasteiger partial charge is 0.319 e. The fraction of sp³-hybridized carbons (Fsp3) is 0.250. The largest absolute Gasteiger partial charge is 0.325 e. The van der Waals surface area contributed by atoms with Crippen LogP contribution < -0.4 is 5.32 Å². The van der Waals surface area contributed by atoms with E-state index >= 15 is 0 Å². The van der Waals surface area contributed by atoms with Gasteiger partial charge in [-0.05, 0) is 23.6 Å². The van der Waals surface area contributed by atoms with Gasteiger partial charge in [-0.2, -0.15) is 5.26 Å². The summed E-state index contributed by atoms with van der Waals surface area (Å²) in [6, 6.07) is 18.0. The van der Waals surface area contributed by atoms with Crippen molar-refractivity contribution in [3.8, 4) is 6.07 Å². The molecule has 1 saturated heterocycles. The average Bonchev–Trinajstić information content (AvgIpc) is 2.88. The molecule has 0 spiro atoms. The predicted molar refractivity (Wildman–Crippen MR) is 93.3 cm³/mol. The highest BCUT2D eigenvalue weighted by Gasteiger charge is 2.51. The zero-order chi connectivity index (χ0) is 17.9. The first-order valence-electron chi connectivity index (χ1n) is 8.30. The van der Waals surface area contributed by atoms with E-state index in [1.54, 1.807) is 24.3 Å². The van der Waals surface area contributed by atoms with Crippen LogP contribution in [-0.4, -0.2) is 16.8 Å². The van der Waals surface area contributed by atoms with Gasteiger partial charge in [0.05, 0.1) is 18.2 Å². The van der Waals surface area contributed by atoms with Crippen LogP contribution in [0.5, 0.6) is 0 Å². The number of rotatable bonds is 5. The number of urea groups is 1. The summed E-state index contributed by atoms with van der Waals surface area (Å²) < 4.78 is 0. The second-order valence-corrected chi connectivity index (χ2v) is 6.11. The Morgan fingerprint density at radius 2 is 1.76 bits per heavy atom. The minimum absolute atomic E-state index is 0.0900. The summed E-state index contributed by atoms with van der Waals surface area (Å²) in [5.41, 5.74) is 0.880. The summed E-state index contributed by atoms with van der Waals surface area (Å²) in [4.78, 5) is 27.0. The van der Waals surface area contributed by atoms with Gasteiger partial charge in [0, 0.05) is 0 Å². The Morgan fingerprint density at radius 3 is 2.44 bits per heavy atom. The van der Waals surface area contributed by atoms with Crippen molar-refractivity contribution < 1.29 is 9.59 Å². The van der Waals surface area contributed by atoms with Crippen molar-refractivity contribution >= 4 is 11.9 Å². The van der Waals surface area contributed by atoms with E-state index in [1.807, 2.05) is 37.3 Å². The van der Waals surface area contributed by atoms with Gasteiger partial charge in [-0.25, -0.2) is 4.79 Å². The number of imide groups is 1. The molecule has 3 amide bonds. The molecule has 0 aromatic heterocycles. The Kier molecular flexibility index (Phi) is 4.53. The third kappa shape index (κ3) is 2.87. The zero-order valence-corrected chi connectivity index (χ0v) is 14.0. The molecule has 3 rings (SSSR count). The van der Waals surface area contributed by atoms with E-state index in [9.17, 15) is 14.9 Å². The van der Waals surface area contributed by atoms with Crippen LogP contribution in [0.3, 0.4) is 0 Å². The second kappa shape index (κ2) is 6.78. The standard InChI is InChI=1S/C20H19N3O2/c1-2-12-20(17-10-4-3-5-11-17)18(24)23(19(25)22-20)14-16-9-7-6-8-15(16)13-21/h3-11H,2,12,14H2,1H3,(H,22,25)/t20-/m1/s1. The van der Waals surface area contributed by atoms with E-state index in [0.29, 0.717) is 17.5 Å². The van der Waals surface area contributed by atoms with Crippen LogP contribution in [0.25, 0.3) is 0 Å². The minimum Gasteiger partial charge on any atom is -0.319 e. The van der Waals surface area contributed by atoms with Gasteiger partial charge in [0.25, 0.3) is 5.91 Å². The lowest BCUT2D eigenvalue weighted by molar-refractivity contribution is -0.132. The molecule has 1 aliphatic heterocycles. The van der Waals surface area contributed by atoms with E-state index in [4.69, 9.17) is 0 Å². The van der Waals surface area contributed by atoms with Gasteiger partial charge in [0.15, 0.2) is 0 Å². The highest BCUT2D eigenvalue weighted by atomic mass is 16.2. The molecule has 5 nitrogen and oxygen atoms in total. The lowest BCUT2D eigenvalue weighted by atomic mass is 9.85. The average molecular weight is 333 g/mol. The number of hydrogen-bond acceptors (Lipinski definition) is 3. The Bertz CT molecular complexity index is 842. The SMILES string of the molecule is CCC[C@]1(c2ccccc2)NC(=O)N(Cc2ccccc2C#N)C1=O. The summed E-state index contributed by atoms with van der Waals surface area (Å²) in [5, 5.41) is 12.1. The molecule has 0 radical (unpaired) electrons. The number of amides is 3. The molecule has 1 fully saturated rings. The van der Waals surface area contributed by atoms with E-state index in [0.717, 1.165) is 12.0 Å². The molecular formula is C20H19N3O2. The van der Waals surface area contributed by atoms with Crippen molar-refractivity contribution in [2.45, 2.75) is 31.8 Å². The summed E-state index contributed by atoms with van der Waals surface area (Å²) in [7, 11) is 0. The highest BCUT2D eigenvalue weighted by Crippen LogP contribution is 2.34. The molecule has 1 N–H and O–H groups in total. The molecule has 0 unspecified atom stereocenters. The van der Waals surface area contributed by atoms with Crippen molar-refractivity contribution in [3.63, 3.8) is 0 Å². The molecule has 1 atom stereocenters.